The topological polar surface area (TPSA) is 51.8 Å². The molecule has 0 radical (unpaired) electrons. The van der Waals surface area contributed by atoms with Crippen molar-refractivity contribution in [3.05, 3.63) is 16.0 Å². The fraction of sp³-hybridized carbons (Fsp3) is 0.714. The first-order valence-electron chi connectivity index (χ1n) is 6.78. The first-order chi connectivity index (χ1) is 8.49. The van der Waals surface area contributed by atoms with Crippen LogP contribution in [0.5, 0.6) is 0 Å². The highest BCUT2D eigenvalue weighted by molar-refractivity contribution is 9.10. The first-order valence-corrected chi connectivity index (χ1v) is 7.57. The number of anilines is 1. The largest absolute Gasteiger partial charge is 0.383 e. The van der Waals surface area contributed by atoms with Crippen LogP contribution in [0.1, 0.15) is 57.0 Å². The molecule has 1 fully saturated rings. The molecule has 0 amide bonds. The van der Waals surface area contributed by atoms with Gasteiger partial charge in [0.15, 0.2) is 0 Å². The van der Waals surface area contributed by atoms with Crippen LogP contribution in [0.3, 0.4) is 0 Å². The van der Waals surface area contributed by atoms with E-state index in [4.69, 9.17) is 5.73 Å². The second-order valence-electron chi connectivity index (χ2n) is 5.72. The Morgan fingerprint density at radius 2 is 1.78 bits per heavy atom. The molecular weight excluding hydrogens is 290 g/mol. The first kappa shape index (κ1) is 13.8. The van der Waals surface area contributed by atoms with E-state index in [1.807, 2.05) is 6.92 Å². The van der Waals surface area contributed by atoms with E-state index in [1.165, 1.54) is 25.7 Å². The molecule has 4 heteroatoms. The molecule has 0 unspecified atom stereocenters. The van der Waals surface area contributed by atoms with Gasteiger partial charge in [-0.05, 0) is 60.4 Å². The number of halogens is 1. The van der Waals surface area contributed by atoms with Crippen molar-refractivity contribution in [2.75, 3.05) is 5.73 Å². The molecule has 1 aromatic heterocycles. The maximum absolute atomic E-state index is 5.91. The van der Waals surface area contributed by atoms with Crippen LogP contribution >= 0.6 is 15.9 Å². The number of rotatable bonds is 2. The number of nitrogens with zero attached hydrogens (tertiary/aromatic N) is 2. The number of hydrogen-bond acceptors (Lipinski definition) is 3. The Morgan fingerprint density at radius 3 is 2.28 bits per heavy atom. The average Bonchev–Trinajstić information content (AvgIpc) is 2.35. The summed E-state index contributed by atoms with van der Waals surface area (Å²) in [6.07, 6.45) is 4.98. The van der Waals surface area contributed by atoms with Gasteiger partial charge in [-0.15, -0.1) is 0 Å². The Hall–Kier alpha value is -0.640. The third-order valence-corrected chi connectivity index (χ3v) is 5.12. The normalized spacial score (nSPS) is 24.5. The van der Waals surface area contributed by atoms with Crippen molar-refractivity contribution in [3.8, 4) is 0 Å². The maximum atomic E-state index is 5.91. The lowest BCUT2D eigenvalue weighted by atomic mass is 9.77. The molecule has 2 rings (SSSR count). The molecule has 0 bridgehead atoms. The lowest BCUT2D eigenvalue weighted by Gasteiger charge is -2.30. The molecule has 0 aromatic carbocycles. The molecule has 0 spiro atoms. The van der Waals surface area contributed by atoms with Gasteiger partial charge in [-0.3, -0.25) is 0 Å². The molecule has 2 N–H and O–H groups in total. The van der Waals surface area contributed by atoms with E-state index >= 15 is 0 Å². The molecule has 18 heavy (non-hydrogen) atoms. The van der Waals surface area contributed by atoms with Crippen molar-refractivity contribution in [1.82, 2.24) is 9.97 Å². The number of aryl methyl sites for hydroxylation is 1. The lowest BCUT2D eigenvalue weighted by molar-refractivity contribution is 0.254. The van der Waals surface area contributed by atoms with Gasteiger partial charge in [0, 0.05) is 5.92 Å². The molecular formula is C14H22BrN3. The van der Waals surface area contributed by atoms with Crippen molar-refractivity contribution < 1.29 is 0 Å². The van der Waals surface area contributed by atoms with Crippen molar-refractivity contribution in [1.29, 1.82) is 0 Å². The zero-order valence-electron chi connectivity index (χ0n) is 11.4. The minimum atomic E-state index is 0.495. The third kappa shape index (κ3) is 2.85. The van der Waals surface area contributed by atoms with E-state index in [1.54, 1.807) is 0 Å². The molecule has 3 nitrogen and oxygen atoms in total. The smallest absolute Gasteiger partial charge is 0.141 e. The summed E-state index contributed by atoms with van der Waals surface area (Å²) in [5.74, 6) is 3.67. The van der Waals surface area contributed by atoms with Gasteiger partial charge >= 0.3 is 0 Å². The van der Waals surface area contributed by atoms with Crippen molar-refractivity contribution >= 4 is 21.7 Å². The van der Waals surface area contributed by atoms with Gasteiger partial charge in [-0.25, -0.2) is 9.97 Å². The van der Waals surface area contributed by atoms with Gasteiger partial charge in [0.1, 0.15) is 11.6 Å². The second kappa shape index (κ2) is 5.55. The number of aromatic nitrogens is 2. The summed E-state index contributed by atoms with van der Waals surface area (Å²) in [6.45, 7) is 6.62. The Balaban J connectivity index is 2.10. The van der Waals surface area contributed by atoms with Crippen LogP contribution in [0.25, 0.3) is 0 Å². The van der Waals surface area contributed by atoms with E-state index in [-0.39, 0.29) is 0 Å². The van der Waals surface area contributed by atoms with Crippen LogP contribution in [-0.2, 0) is 0 Å². The highest BCUT2D eigenvalue weighted by atomic mass is 79.9. The fourth-order valence-corrected chi connectivity index (χ4v) is 3.01. The van der Waals surface area contributed by atoms with Crippen molar-refractivity contribution in [3.63, 3.8) is 0 Å². The lowest BCUT2D eigenvalue weighted by Crippen LogP contribution is -2.19. The van der Waals surface area contributed by atoms with E-state index < -0.39 is 0 Å². The molecule has 1 saturated carbocycles. The van der Waals surface area contributed by atoms with Gasteiger partial charge in [0.2, 0.25) is 0 Å². The Kier molecular flexibility index (Phi) is 4.25. The van der Waals surface area contributed by atoms with Crippen LogP contribution in [0.2, 0.25) is 0 Å². The zero-order valence-corrected chi connectivity index (χ0v) is 13.0. The maximum Gasteiger partial charge on any atom is 0.141 e. The van der Waals surface area contributed by atoms with Gasteiger partial charge in [-0.1, -0.05) is 13.8 Å². The van der Waals surface area contributed by atoms with Gasteiger partial charge < -0.3 is 5.73 Å². The van der Waals surface area contributed by atoms with Gasteiger partial charge in [-0.2, -0.15) is 0 Å². The van der Waals surface area contributed by atoms with E-state index in [2.05, 4.69) is 39.7 Å². The van der Waals surface area contributed by atoms with Crippen molar-refractivity contribution in [2.45, 2.75) is 52.4 Å². The monoisotopic (exact) mass is 311 g/mol. The predicted molar refractivity (Wildman–Crippen MR) is 78.4 cm³/mol. The highest BCUT2D eigenvalue weighted by Gasteiger charge is 2.26. The standard InChI is InChI=1S/C14H22BrN3/c1-8(2)10-4-6-11(7-5-10)14-17-9(3)12(15)13(16)18-14/h8,10-11H,4-7H2,1-3H3,(H2,16,17,18). The Bertz CT molecular complexity index is 400. The summed E-state index contributed by atoms with van der Waals surface area (Å²) in [5, 5.41) is 0. The number of nitrogen functional groups attached to an aromatic ring is 1. The van der Waals surface area contributed by atoms with Gasteiger partial charge in [0.25, 0.3) is 0 Å². The van der Waals surface area contributed by atoms with Crippen LogP contribution in [0.15, 0.2) is 4.47 Å². The SMILES string of the molecule is Cc1nc(C2CCC(C(C)C)CC2)nc(N)c1Br. The Morgan fingerprint density at radius 1 is 1.17 bits per heavy atom. The summed E-state index contributed by atoms with van der Waals surface area (Å²) < 4.78 is 0.835. The molecule has 1 heterocycles. The average molecular weight is 312 g/mol. The Labute approximate surface area is 118 Å². The van der Waals surface area contributed by atoms with E-state index in [0.717, 1.165) is 27.8 Å². The third-order valence-electron chi connectivity index (χ3n) is 4.14. The second-order valence-corrected chi connectivity index (χ2v) is 6.52. The summed E-state index contributed by atoms with van der Waals surface area (Å²) in [6, 6.07) is 0. The van der Waals surface area contributed by atoms with Crippen LogP contribution in [0.4, 0.5) is 5.82 Å². The summed E-state index contributed by atoms with van der Waals surface area (Å²) in [7, 11) is 0. The molecule has 0 aliphatic heterocycles. The number of hydrogen-bond donors (Lipinski definition) is 1. The minimum absolute atomic E-state index is 0.495. The summed E-state index contributed by atoms with van der Waals surface area (Å²) in [5.41, 5.74) is 6.85. The summed E-state index contributed by atoms with van der Waals surface area (Å²) >= 11 is 3.42. The molecule has 1 aliphatic carbocycles. The van der Waals surface area contributed by atoms with Crippen molar-refractivity contribution in [2.24, 2.45) is 11.8 Å². The summed E-state index contributed by atoms with van der Waals surface area (Å²) in [4.78, 5) is 9.04. The quantitative estimate of drug-likeness (QED) is 0.896. The highest BCUT2D eigenvalue weighted by Crippen LogP contribution is 2.38. The van der Waals surface area contributed by atoms with Gasteiger partial charge in [0.05, 0.1) is 10.2 Å². The molecule has 100 valence electrons. The van der Waals surface area contributed by atoms with E-state index in [9.17, 15) is 0 Å². The van der Waals surface area contributed by atoms with Crippen LogP contribution in [0, 0.1) is 18.8 Å². The zero-order chi connectivity index (χ0) is 13.3. The van der Waals surface area contributed by atoms with Crippen LogP contribution < -0.4 is 5.73 Å². The van der Waals surface area contributed by atoms with E-state index in [0.29, 0.717) is 11.7 Å². The predicted octanol–water partition coefficient (Wildman–Crippen LogP) is 4.06. The molecule has 0 saturated heterocycles. The molecule has 1 aromatic rings. The fourth-order valence-electron chi connectivity index (χ4n) is 2.83. The number of nitrogens with two attached hydrogens (primary N) is 1. The minimum Gasteiger partial charge on any atom is -0.383 e. The van der Waals surface area contributed by atoms with Crippen LogP contribution in [-0.4, -0.2) is 9.97 Å². The molecule has 1 aliphatic rings. The molecule has 0 atom stereocenters.